The minimum absolute atomic E-state index is 0.258. The second-order valence-corrected chi connectivity index (χ2v) is 5.49. The molecule has 0 saturated heterocycles. The third-order valence-electron chi connectivity index (χ3n) is 2.53. The first-order valence-corrected chi connectivity index (χ1v) is 6.30. The molecule has 2 nitrogen and oxygen atoms in total. The summed E-state index contributed by atoms with van der Waals surface area (Å²) < 4.78 is 0. The minimum Gasteiger partial charge on any atom is -0.384 e. The van der Waals surface area contributed by atoms with Gasteiger partial charge < -0.3 is 5.32 Å². The molecule has 0 radical (unpaired) electrons. The Morgan fingerprint density at radius 1 is 1.35 bits per heavy atom. The van der Waals surface area contributed by atoms with Gasteiger partial charge in [-0.05, 0) is 44.9 Å². The highest BCUT2D eigenvalue weighted by molar-refractivity contribution is 6.36. The standard InChI is InChI=1S/C13H16Cl2N2/c1-13(2,9-16)6-3-7-17-12-5-4-10(14)8-11(12)15/h4-5,8,17H,3,6-7H2,1-2H3. The van der Waals surface area contributed by atoms with Gasteiger partial charge in [0.25, 0.3) is 0 Å². The van der Waals surface area contributed by atoms with Crippen LogP contribution in [0.25, 0.3) is 0 Å². The zero-order chi connectivity index (χ0) is 12.9. The lowest BCUT2D eigenvalue weighted by atomic mass is 9.90. The van der Waals surface area contributed by atoms with Crippen molar-refractivity contribution in [3.63, 3.8) is 0 Å². The van der Waals surface area contributed by atoms with Crippen LogP contribution in [0.15, 0.2) is 18.2 Å². The maximum Gasteiger partial charge on any atom is 0.0683 e. The Kier molecular flexibility index (Phi) is 5.11. The Morgan fingerprint density at radius 2 is 2.06 bits per heavy atom. The van der Waals surface area contributed by atoms with Crippen LogP contribution in [0, 0.1) is 16.7 Å². The second-order valence-electron chi connectivity index (χ2n) is 4.65. The fraction of sp³-hybridized carbons (Fsp3) is 0.462. The van der Waals surface area contributed by atoms with Gasteiger partial charge in [-0.25, -0.2) is 0 Å². The van der Waals surface area contributed by atoms with E-state index in [0.29, 0.717) is 10.0 Å². The van der Waals surface area contributed by atoms with E-state index >= 15 is 0 Å². The molecule has 1 N–H and O–H groups in total. The van der Waals surface area contributed by atoms with Crippen LogP contribution in [-0.4, -0.2) is 6.54 Å². The number of halogens is 2. The number of rotatable bonds is 5. The summed E-state index contributed by atoms with van der Waals surface area (Å²) in [5.41, 5.74) is 0.622. The fourth-order valence-corrected chi connectivity index (χ4v) is 1.92. The molecular weight excluding hydrogens is 255 g/mol. The van der Waals surface area contributed by atoms with Crippen LogP contribution in [0.3, 0.4) is 0 Å². The van der Waals surface area contributed by atoms with Crippen LogP contribution in [0.1, 0.15) is 26.7 Å². The monoisotopic (exact) mass is 270 g/mol. The van der Waals surface area contributed by atoms with Crippen molar-refractivity contribution < 1.29 is 0 Å². The number of anilines is 1. The van der Waals surface area contributed by atoms with Crippen LogP contribution < -0.4 is 5.32 Å². The molecule has 0 spiro atoms. The predicted molar refractivity (Wildman–Crippen MR) is 73.6 cm³/mol. The fourth-order valence-electron chi connectivity index (χ4n) is 1.44. The largest absolute Gasteiger partial charge is 0.384 e. The number of hydrogen-bond donors (Lipinski definition) is 1. The van der Waals surface area contributed by atoms with E-state index in [1.807, 2.05) is 19.9 Å². The molecule has 0 heterocycles. The average Bonchev–Trinajstić information content (AvgIpc) is 2.27. The van der Waals surface area contributed by atoms with Crippen LogP contribution in [0.2, 0.25) is 10.0 Å². The molecule has 1 rings (SSSR count). The lowest BCUT2D eigenvalue weighted by Crippen LogP contribution is -2.11. The van der Waals surface area contributed by atoms with Crippen molar-refractivity contribution in [1.82, 2.24) is 0 Å². The molecule has 1 aromatic carbocycles. The average molecular weight is 271 g/mol. The van der Waals surface area contributed by atoms with Gasteiger partial charge in [0, 0.05) is 11.6 Å². The number of hydrogen-bond acceptors (Lipinski definition) is 2. The molecule has 0 fully saturated rings. The molecule has 0 aliphatic carbocycles. The normalized spacial score (nSPS) is 11.0. The maximum atomic E-state index is 8.88. The Bertz CT molecular complexity index is 422. The van der Waals surface area contributed by atoms with Crippen molar-refractivity contribution in [2.45, 2.75) is 26.7 Å². The quantitative estimate of drug-likeness (QED) is 0.785. The van der Waals surface area contributed by atoms with Crippen molar-refractivity contribution in [3.05, 3.63) is 28.2 Å². The third-order valence-corrected chi connectivity index (χ3v) is 3.08. The molecule has 17 heavy (non-hydrogen) atoms. The van der Waals surface area contributed by atoms with Crippen molar-refractivity contribution in [3.8, 4) is 6.07 Å². The minimum atomic E-state index is -0.258. The highest BCUT2D eigenvalue weighted by Gasteiger charge is 2.15. The van der Waals surface area contributed by atoms with Crippen LogP contribution in [0.4, 0.5) is 5.69 Å². The molecule has 0 aliphatic rings. The molecule has 0 atom stereocenters. The first kappa shape index (κ1) is 14.2. The van der Waals surface area contributed by atoms with Gasteiger partial charge in [-0.15, -0.1) is 0 Å². The number of nitriles is 1. The molecule has 0 aromatic heterocycles. The molecule has 0 aliphatic heterocycles. The van der Waals surface area contributed by atoms with Gasteiger partial charge in [0.2, 0.25) is 0 Å². The second kappa shape index (κ2) is 6.14. The summed E-state index contributed by atoms with van der Waals surface area (Å²) in [7, 11) is 0. The Balaban J connectivity index is 2.39. The van der Waals surface area contributed by atoms with E-state index in [4.69, 9.17) is 28.5 Å². The topological polar surface area (TPSA) is 35.8 Å². The van der Waals surface area contributed by atoms with Crippen LogP contribution >= 0.6 is 23.2 Å². The highest BCUT2D eigenvalue weighted by Crippen LogP contribution is 2.26. The first-order valence-electron chi connectivity index (χ1n) is 5.55. The molecule has 0 bridgehead atoms. The van der Waals surface area contributed by atoms with Crippen molar-refractivity contribution in [2.24, 2.45) is 5.41 Å². The molecule has 0 amide bonds. The van der Waals surface area contributed by atoms with Gasteiger partial charge in [0.05, 0.1) is 22.2 Å². The molecule has 0 unspecified atom stereocenters. The van der Waals surface area contributed by atoms with Gasteiger partial charge in [-0.3, -0.25) is 0 Å². The molecule has 4 heteroatoms. The zero-order valence-corrected chi connectivity index (χ0v) is 11.6. The van der Waals surface area contributed by atoms with Gasteiger partial charge in [-0.1, -0.05) is 23.2 Å². The summed E-state index contributed by atoms with van der Waals surface area (Å²) in [6.45, 7) is 4.69. The smallest absolute Gasteiger partial charge is 0.0683 e. The van der Waals surface area contributed by atoms with Crippen molar-refractivity contribution in [2.75, 3.05) is 11.9 Å². The van der Waals surface area contributed by atoms with Gasteiger partial charge in [0.1, 0.15) is 0 Å². The molecule has 1 aromatic rings. The first-order chi connectivity index (χ1) is 7.94. The van der Waals surface area contributed by atoms with E-state index in [0.717, 1.165) is 25.1 Å². The maximum absolute atomic E-state index is 8.88. The number of nitrogens with zero attached hydrogens (tertiary/aromatic N) is 1. The van der Waals surface area contributed by atoms with E-state index in [1.54, 1.807) is 12.1 Å². The van der Waals surface area contributed by atoms with Crippen LogP contribution in [0.5, 0.6) is 0 Å². The van der Waals surface area contributed by atoms with E-state index in [9.17, 15) is 0 Å². The lowest BCUT2D eigenvalue weighted by Gasteiger charge is -2.15. The van der Waals surface area contributed by atoms with Crippen LogP contribution in [-0.2, 0) is 0 Å². The van der Waals surface area contributed by atoms with E-state index in [2.05, 4.69) is 11.4 Å². The molecular formula is C13H16Cl2N2. The lowest BCUT2D eigenvalue weighted by molar-refractivity contribution is 0.441. The van der Waals surface area contributed by atoms with E-state index < -0.39 is 0 Å². The summed E-state index contributed by atoms with van der Waals surface area (Å²) in [6, 6.07) is 7.66. The Hall–Kier alpha value is -0.910. The summed E-state index contributed by atoms with van der Waals surface area (Å²) >= 11 is 11.8. The summed E-state index contributed by atoms with van der Waals surface area (Å²) in [5.74, 6) is 0. The SMILES string of the molecule is CC(C)(C#N)CCCNc1ccc(Cl)cc1Cl. The Labute approximate surface area is 113 Å². The van der Waals surface area contributed by atoms with Gasteiger partial charge in [0.15, 0.2) is 0 Å². The molecule has 92 valence electrons. The highest BCUT2D eigenvalue weighted by atomic mass is 35.5. The summed E-state index contributed by atoms with van der Waals surface area (Å²) in [6.07, 6.45) is 1.79. The predicted octanol–water partition coefficient (Wildman–Crippen LogP) is 4.74. The number of nitrogens with one attached hydrogen (secondary N) is 1. The van der Waals surface area contributed by atoms with Gasteiger partial charge in [-0.2, -0.15) is 5.26 Å². The summed E-state index contributed by atoms with van der Waals surface area (Å²) in [5, 5.41) is 13.4. The Morgan fingerprint density at radius 3 is 2.65 bits per heavy atom. The third kappa shape index (κ3) is 4.85. The van der Waals surface area contributed by atoms with E-state index in [1.165, 1.54) is 0 Å². The van der Waals surface area contributed by atoms with E-state index in [-0.39, 0.29) is 5.41 Å². The number of benzene rings is 1. The van der Waals surface area contributed by atoms with Gasteiger partial charge >= 0.3 is 0 Å². The molecule has 0 saturated carbocycles. The summed E-state index contributed by atoms with van der Waals surface area (Å²) in [4.78, 5) is 0. The zero-order valence-electron chi connectivity index (χ0n) is 10.1. The van der Waals surface area contributed by atoms with Crippen molar-refractivity contribution in [1.29, 1.82) is 5.26 Å². The van der Waals surface area contributed by atoms with Crippen molar-refractivity contribution >= 4 is 28.9 Å².